The number of hydrogen-bond donors (Lipinski definition) is 1. The van der Waals surface area contributed by atoms with Crippen molar-refractivity contribution in [3.63, 3.8) is 0 Å². The SMILES string of the molecule is O=C(COc1ccc(F)cc1F)Nc1ccc2c(c1)OCCCO2. The number of halogens is 2. The van der Waals surface area contributed by atoms with Gasteiger partial charge in [0.05, 0.1) is 13.2 Å². The Balaban J connectivity index is 1.59. The van der Waals surface area contributed by atoms with Crippen molar-refractivity contribution < 1.29 is 27.8 Å². The summed E-state index contributed by atoms with van der Waals surface area (Å²) in [5.41, 5.74) is 0.507. The Labute approximate surface area is 137 Å². The molecule has 0 bridgehead atoms. The Morgan fingerprint density at radius 1 is 1.08 bits per heavy atom. The van der Waals surface area contributed by atoms with Crippen molar-refractivity contribution in [2.24, 2.45) is 0 Å². The van der Waals surface area contributed by atoms with Crippen LogP contribution in [0, 0.1) is 11.6 Å². The molecule has 0 radical (unpaired) electrons. The van der Waals surface area contributed by atoms with Gasteiger partial charge in [0.25, 0.3) is 5.91 Å². The number of hydrogen-bond acceptors (Lipinski definition) is 4. The summed E-state index contributed by atoms with van der Waals surface area (Å²) in [7, 11) is 0. The zero-order chi connectivity index (χ0) is 16.9. The van der Waals surface area contributed by atoms with Crippen LogP contribution in [0.1, 0.15) is 6.42 Å². The van der Waals surface area contributed by atoms with Crippen LogP contribution >= 0.6 is 0 Å². The molecule has 1 aliphatic heterocycles. The third-order valence-electron chi connectivity index (χ3n) is 3.28. The first-order valence-corrected chi connectivity index (χ1v) is 7.39. The van der Waals surface area contributed by atoms with Crippen LogP contribution in [0.2, 0.25) is 0 Å². The number of carbonyl (C=O) groups is 1. The first-order chi connectivity index (χ1) is 11.6. The van der Waals surface area contributed by atoms with Gasteiger partial charge in [-0.15, -0.1) is 0 Å². The van der Waals surface area contributed by atoms with Gasteiger partial charge in [-0.05, 0) is 24.3 Å². The zero-order valence-corrected chi connectivity index (χ0v) is 12.7. The summed E-state index contributed by atoms with van der Waals surface area (Å²) in [5.74, 6) is -1.07. The van der Waals surface area contributed by atoms with Gasteiger partial charge in [0, 0.05) is 24.2 Å². The summed E-state index contributed by atoms with van der Waals surface area (Å²) in [6.07, 6.45) is 0.785. The Bertz CT molecular complexity index is 751. The maximum atomic E-state index is 13.4. The Morgan fingerprint density at radius 2 is 1.88 bits per heavy atom. The summed E-state index contributed by atoms with van der Waals surface area (Å²) in [4.78, 5) is 11.9. The van der Waals surface area contributed by atoms with Crippen LogP contribution in [0.3, 0.4) is 0 Å². The van der Waals surface area contributed by atoms with Gasteiger partial charge in [0.1, 0.15) is 5.82 Å². The maximum Gasteiger partial charge on any atom is 0.262 e. The van der Waals surface area contributed by atoms with E-state index in [9.17, 15) is 13.6 Å². The van der Waals surface area contributed by atoms with Gasteiger partial charge in [-0.1, -0.05) is 0 Å². The second-order valence-electron chi connectivity index (χ2n) is 5.12. The molecule has 2 aromatic carbocycles. The van der Waals surface area contributed by atoms with E-state index in [2.05, 4.69) is 5.32 Å². The van der Waals surface area contributed by atoms with Crippen LogP contribution in [0.5, 0.6) is 17.2 Å². The van der Waals surface area contributed by atoms with Crippen LogP contribution < -0.4 is 19.5 Å². The van der Waals surface area contributed by atoms with Crippen LogP contribution in [-0.2, 0) is 4.79 Å². The molecule has 1 amide bonds. The summed E-state index contributed by atoms with van der Waals surface area (Å²) < 4.78 is 42.3. The van der Waals surface area contributed by atoms with Gasteiger partial charge < -0.3 is 19.5 Å². The first kappa shape index (κ1) is 16.0. The molecule has 0 atom stereocenters. The first-order valence-electron chi connectivity index (χ1n) is 7.39. The number of ether oxygens (including phenoxy) is 3. The van der Waals surface area contributed by atoms with Gasteiger partial charge in [-0.3, -0.25) is 4.79 Å². The van der Waals surface area contributed by atoms with Crippen molar-refractivity contribution in [3.8, 4) is 17.2 Å². The van der Waals surface area contributed by atoms with E-state index in [1.54, 1.807) is 18.2 Å². The molecule has 1 aliphatic rings. The molecular weight excluding hydrogens is 320 g/mol. The minimum atomic E-state index is -0.863. The Hall–Kier alpha value is -2.83. The minimum absolute atomic E-state index is 0.190. The monoisotopic (exact) mass is 335 g/mol. The smallest absolute Gasteiger partial charge is 0.262 e. The number of carbonyl (C=O) groups excluding carboxylic acids is 1. The van der Waals surface area contributed by atoms with Crippen molar-refractivity contribution in [3.05, 3.63) is 48.0 Å². The van der Waals surface area contributed by atoms with E-state index in [1.807, 2.05) is 0 Å². The molecule has 0 saturated carbocycles. The van der Waals surface area contributed by atoms with Gasteiger partial charge in [0.15, 0.2) is 29.7 Å². The fraction of sp³-hybridized carbons (Fsp3) is 0.235. The molecule has 0 saturated heterocycles. The number of fused-ring (bicyclic) bond motifs is 1. The molecule has 3 rings (SSSR count). The molecule has 0 fully saturated rings. The molecule has 0 spiro atoms. The molecule has 0 aliphatic carbocycles. The fourth-order valence-electron chi connectivity index (χ4n) is 2.17. The van der Waals surface area contributed by atoms with Crippen molar-refractivity contribution in [1.29, 1.82) is 0 Å². The molecule has 5 nitrogen and oxygen atoms in total. The highest BCUT2D eigenvalue weighted by atomic mass is 19.1. The molecule has 126 valence electrons. The Kier molecular flexibility index (Phi) is 4.79. The highest BCUT2D eigenvalue weighted by Crippen LogP contribution is 2.32. The lowest BCUT2D eigenvalue weighted by Gasteiger charge is -2.11. The largest absolute Gasteiger partial charge is 0.490 e. The van der Waals surface area contributed by atoms with Gasteiger partial charge >= 0.3 is 0 Å². The standard InChI is InChI=1S/C17H15F2NO4/c18-11-2-4-14(13(19)8-11)24-10-17(21)20-12-3-5-15-16(9-12)23-7-1-6-22-15/h2-5,8-9H,1,6-7,10H2,(H,20,21). The van der Waals surface area contributed by atoms with Crippen molar-refractivity contribution in [2.45, 2.75) is 6.42 Å². The fourth-order valence-corrected chi connectivity index (χ4v) is 2.17. The summed E-state index contributed by atoms with van der Waals surface area (Å²) in [6, 6.07) is 7.90. The topological polar surface area (TPSA) is 56.8 Å². The number of anilines is 1. The lowest BCUT2D eigenvalue weighted by molar-refractivity contribution is -0.118. The van der Waals surface area contributed by atoms with Crippen molar-refractivity contribution in [2.75, 3.05) is 25.1 Å². The number of benzene rings is 2. The zero-order valence-electron chi connectivity index (χ0n) is 12.7. The van der Waals surface area contributed by atoms with E-state index in [0.717, 1.165) is 18.6 Å². The van der Waals surface area contributed by atoms with Crippen LogP contribution in [0.15, 0.2) is 36.4 Å². The molecule has 7 heteroatoms. The van der Waals surface area contributed by atoms with E-state index in [4.69, 9.17) is 14.2 Å². The van der Waals surface area contributed by atoms with Gasteiger partial charge in [-0.2, -0.15) is 0 Å². The molecule has 1 N–H and O–H groups in total. The van der Waals surface area contributed by atoms with E-state index < -0.39 is 24.1 Å². The molecule has 1 heterocycles. The van der Waals surface area contributed by atoms with E-state index in [1.165, 1.54) is 0 Å². The minimum Gasteiger partial charge on any atom is -0.490 e. The molecule has 24 heavy (non-hydrogen) atoms. The second-order valence-corrected chi connectivity index (χ2v) is 5.12. The van der Waals surface area contributed by atoms with Crippen molar-refractivity contribution in [1.82, 2.24) is 0 Å². The lowest BCUT2D eigenvalue weighted by atomic mass is 10.2. The van der Waals surface area contributed by atoms with Gasteiger partial charge in [-0.25, -0.2) is 8.78 Å². The van der Waals surface area contributed by atoms with Crippen LogP contribution in [0.25, 0.3) is 0 Å². The van der Waals surface area contributed by atoms with Crippen LogP contribution in [-0.4, -0.2) is 25.7 Å². The summed E-state index contributed by atoms with van der Waals surface area (Å²) >= 11 is 0. The quantitative estimate of drug-likeness (QED) is 0.933. The molecule has 0 aromatic heterocycles. The lowest BCUT2D eigenvalue weighted by Crippen LogP contribution is -2.20. The van der Waals surface area contributed by atoms with Crippen LogP contribution in [0.4, 0.5) is 14.5 Å². The Morgan fingerprint density at radius 3 is 2.67 bits per heavy atom. The summed E-state index contributed by atoms with van der Waals surface area (Å²) in [5, 5.41) is 2.62. The predicted octanol–water partition coefficient (Wildman–Crippen LogP) is 3.14. The average molecular weight is 335 g/mol. The van der Waals surface area contributed by atoms with E-state index in [0.29, 0.717) is 36.5 Å². The van der Waals surface area contributed by atoms with Crippen molar-refractivity contribution >= 4 is 11.6 Å². The molecular formula is C17H15F2NO4. The third kappa shape index (κ3) is 3.92. The average Bonchev–Trinajstić information content (AvgIpc) is 2.79. The number of rotatable bonds is 4. The normalized spacial score (nSPS) is 13.1. The predicted molar refractivity (Wildman–Crippen MR) is 82.5 cm³/mol. The second kappa shape index (κ2) is 7.16. The highest BCUT2D eigenvalue weighted by molar-refractivity contribution is 5.92. The number of amides is 1. The van der Waals surface area contributed by atoms with Gasteiger partial charge in [0.2, 0.25) is 0 Å². The van der Waals surface area contributed by atoms with E-state index >= 15 is 0 Å². The van der Waals surface area contributed by atoms with E-state index in [-0.39, 0.29) is 5.75 Å². The third-order valence-corrected chi connectivity index (χ3v) is 3.28. The molecule has 2 aromatic rings. The maximum absolute atomic E-state index is 13.4. The summed E-state index contributed by atoms with van der Waals surface area (Å²) in [6.45, 7) is 0.712. The molecule has 0 unspecified atom stereocenters. The highest BCUT2D eigenvalue weighted by Gasteiger charge is 2.13. The number of nitrogens with one attached hydrogen (secondary N) is 1.